The number of fused-ring (bicyclic) bond motifs is 1. The first-order valence-corrected chi connectivity index (χ1v) is 16.9. The van der Waals surface area contributed by atoms with Gasteiger partial charge in [-0.1, -0.05) is 66.7 Å². The molecule has 1 fully saturated rings. The van der Waals surface area contributed by atoms with Gasteiger partial charge in [-0.2, -0.15) is 0 Å². The van der Waals surface area contributed by atoms with E-state index in [2.05, 4.69) is 89.8 Å². The molecule has 1 aliphatic rings. The van der Waals surface area contributed by atoms with E-state index in [1.165, 1.54) is 15.9 Å². The molecule has 0 N–H and O–H groups in total. The average molecular weight is 599 g/mol. The lowest BCUT2D eigenvalue weighted by Gasteiger charge is -2.29. The lowest BCUT2D eigenvalue weighted by atomic mass is 10.1. The molecule has 44 heavy (non-hydrogen) atoms. The van der Waals surface area contributed by atoms with Crippen molar-refractivity contribution in [3.05, 3.63) is 150 Å². The third-order valence-corrected chi connectivity index (χ3v) is 12.3. The first kappa shape index (κ1) is 28.1. The maximum atomic E-state index is 14.2. The Balaban J connectivity index is 1.37. The van der Waals surface area contributed by atoms with Gasteiger partial charge in [0, 0.05) is 24.3 Å². The van der Waals surface area contributed by atoms with Crippen LogP contribution >= 0.6 is 7.26 Å². The van der Waals surface area contributed by atoms with E-state index in [-0.39, 0.29) is 11.2 Å². The molecule has 0 aliphatic carbocycles. The van der Waals surface area contributed by atoms with Crippen LogP contribution in [0, 0.1) is 0 Å². The van der Waals surface area contributed by atoms with Crippen LogP contribution in [0.3, 0.4) is 0 Å². The molecule has 5 aromatic carbocycles. The lowest BCUT2D eigenvalue weighted by Crippen LogP contribution is -2.36. The van der Waals surface area contributed by atoms with Crippen molar-refractivity contribution in [1.29, 1.82) is 0 Å². The molecule has 0 bridgehead atoms. The Labute approximate surface area is 257 Å². The van der Waals surface area contributed by atoms with Gasteiger partial charge in [0.25, 0.3) is 0 Å². The summed E-state index contributed by atoms with van der Waals surface area (Å²) < 4.78 is 18.8. The van der Waals surface area contributed by atoms with Gasteiger partial charge in [-0.05, 0) is 72.8 Å². The summed E-state index contributed by atoms with van der Waals surface area (Å²) >= 11 is 0. The van der Waals surface area contributed by atoms with E-state index in [0.29, 0.717) is 36.3 Å². The van der Waals surface area contributed by atoms with Crippen LogP contribution in [0.5, 0.6) is 5.75 Å². The monoisotopic (exact) mass is 598 g/mol. The van der Waals surface area contributed by atoms with Crippen molar-refractivity contribution >= 4 is 39.8 Å². The Morgan fingerprint density at radius 1 is 0.636 bits per heavy atom. The predicted octanol–water partition coefficient (Wildman–Crippen LogP) is 6.63. The molecule has 0 amide bonds. The fraction of sp³-hybridized carbons (Fsp3) is 0.132. The summed E-state index contributed by atoms with van der Waals surface area (Å²) in [6.07, 6.45) is 0.299. The van der Waals surface area contributed by atoms with Gasteiger partial charge < -0.3 is 18.8 Å². The summed E-state index contributed by atoms with van der Waals surface area (Å²) in [5.74, 6) is 0.671. The quantitative estimate of drug-likeness (QED) is 0.184. The van der Waals surface area contributed by atoms with Gasteiger partial charge >= 0.3 is 0 Å². The maximum Gasteiger partial charge on any atom is 0.235 e. The highest BCUT2D eigenvalue weighted by Crippen LogP contribution is 2.55. The van der Waals surface area contributed by atoms with Crippen LogP contribution < -0.4 is 31.0 Å². The van der Waals surface area contributed by atoms with E-state index in [1.54, 1.807) is 6.07 Å². The summed E-state index contributed by atoms with van der Waals surface area (Å²) in [6.45, 7) is 3.13. The molecule has 218 valence electrons. The second kappa shape index (κ2) is 12.5. The fourth-order valence-corrected chi connectivity index (χ4v) is 9.68. The summed E-state index contributed by atoms with van der Waals surface area (Å²) in [5, 5.41) is 4.04. The third kappa shape index (κ3) is 5.30. The Morgan fingerprint density at radius 2 is 1.16 bits per heavy atom. The number of nitrogens with zero attached hydrogens (tertiary/aromatic N) is 1. The second-order valence-corrected chi connectivity index (χ2v) is 14.2. The fourth-order valence-electron chi connectivity index (χ4n) is 5.97. The highest BCUT2D eigenvalue weighted by Gasteiger charge is 2.47. The SMILES string of the molecule is O=c1c(OC[P+](c2ccccc2)(c2ccccc2)c2ccccc2)c(-c2ccc(N3CCOCC3)cc2)oc2ccccc12. The average Bonchev–Trinajstić information content (AvgIpc) is 3.11. The highest BCUT2D eigenvalue weighted by atomic mass is 31.2. The van der Waals surface area contributed by atoms with Crippen molar-refractivity contribution in [1.82, 2.24) is 0 Å². The summed E-state index contributed by atoms with van der Waals surface area (Å²) in [7, 11) is -2.36. The molecular formula is C38H33NO4P+. The Hall–Kier alpha value is -4.70. The molecule has 0 radical (unpaired) electrons. The molecule has 1 saturated heterocycles. The topological polar surface area (TPSA) is 51.9 Å². The third-order valence-electron chi connectivity index (χ3n) is 8.26. The van der Waals surface area contributed by atoms with Crippen molar-refractivity contribution in [2.45, 2.75) is 0 Å². The summed E-state index contributed by atoms with van der Waals surface area (Å²) in [5.41, 5.74) is 2.27. The van der Waals surface area contributed by atoms with E-state index >= 15 is 0 Å². The number of hydrogen-bond acceptors (Lipinski definition) is 5. The first-order valence-electron chi connectivity index (χ1n) is 14.9. The summed E-state index contributed by atoms with van der Waals surface area (Å²) in [4.78, 5) is 16.5. The van der Waals surface area contributed by atoms with E-state index < -0.39 is 7.26 Å². The van der Waals surface area contributed by atoms with Crippen LogP contribution in [0.2, 0.25) is 0 Å². The van der Waals surface area contributed by atoms with Crippen molar-refractivity contribution in [2.75, 3.05) is 37.6 Å². The molecule has 0 unspecified atom stereocenters. The molecule has 0 atom stereocenters. The van der Waals surface area contributed by atoms with E-state index in [9.17, 15) is 4.79 Å². The van der Waals surface area contributed by atoms with Crippen LogP contribution in [0.1, 0.15) is 0 Å². The number of benzene rings is 5. The molecule has 0 spiro atoms. The number of anilines is 1. The van der Waals surface area contributed by atoms with Crippen LogP contribution in [-0.4, -0.2) is 32.7 Å². The molecular weight excluding hydrogens is 565 g/mol. The minimum Gasteiger partial charge on any atom is -0.452 e. The van der Waals surface area contributed by atoms with Gasteiger partial charge in [-0.3, -0.25) is 4.79 Å². The lowest BCUT2D eigenvalue weighted by molar-refractivity contribution is 0.122. The van der Waals surface area contributed by atoms with Gasteiger partial charge in [0.1, 0.15) is 21.5 Å². The minimum absolute atomic E-state index is 0.175. The number of ether oxygens (including phenoxy) is 2. The Kier molecular flexibility index (Phi) is 7.98. The minimum atomic E-state index is -2.36. The predicted molar refractivity (Wildman–Crippen MR) is 182 cm³/mol. The van der Waals surface area contributed by atoms with Crippen LogP contribution in [0.15, 0.2) is 149 Å². The number of hydrogen-bond donors (Lipinski definition) is 0. The van der Waals surface area contributed by atoms with Gasteiger partial charge in [-0.15, -0.1) is 0 Å². The largest absolute Gasteiger partial charge is 0.452 e. The molecule has 5 nitrogen and oxygen atoms in total. The molecule has 6 heteroatoms. The van der Waals surface area contributed by atoms with Crippen molar-refractivity contribution in [2.24, 2.45) is 0 Å². The maximum absolute atomic E-state index is 14.2. The zero-order valence-electron chi connectivity index (χ0n) is 24.3. The van der Waals surface area contributed by atoms with Crippen molar-refractivity contribution in [3.8, 4) is 17.1 Å². The number of morpholine rings is 1. The number of para-hydroxylation sites is 1. The van der Waals surface area contributed by atoms with Gasteiger partial charge in [-0.25, -0.2) is 0 Å². The summed E-state index contributed by atoms with van der Waals surface area (Å²) in [6, 6.07) is 47.1. The molecule has 6 aromatic rings. The smallest absolute Gasteiger partial charge is 0.235 e. The normalized spacial score (nSPS) is 13.6. The zero-order chi connectivity index (χ0) is 29.8. The van der Waals surface area contributed by atoms with Crippen LogP contribution in [0.25, 0.3) is 22.3 Å². The van der Waals surface area contributed by atoms with E-state index in [0.717, 1.165) is 24.3 Å². The second-order valence-electron chi connectivity index (χ2n) is 10.8. The van der Waals surface area contributed by atoms with Gasteiger partial charge in [0.2, 0.25) is 17.5 Å². The Bertz CT molecular complexity index is 1810. The standard InChI is InChI=1S/C38H33NO4P/c40-36-34-18-10-11-19-35(34)43-37(29-20-22-30(23-21-29)39-24-26-41-27-25-39)38(36)42-28-44(31-12-4-1-5-13-31,32-14-6-2-7-15-32)33-16-8-3-9-17-33/h1-23H,24-28H2/q+1. The number of rotatable bonds is 8. The molecule has 2 heterocycles. The molecule has 0 saturated carbocycles. The molecule has 7 rings (SSSR count). The van der Waals surface area contributed by atoms with Gasteiger partial charge in [0.05, 0.1) is 18.6 Å². The van der Waals surface area contributed by atoms with E-state index in [4.69, 9.17) is 13.9 Å². The van der Waals surface area contributed by atoms with Crippen LogP contribution in [0.4, 0.5) is 5.69 Å². The van der Waals surface area contributed by atoms with E-state index in [1.807, 2.05) is 48.5 Å². The Morgan fingerprint density at radius 3 is 1.73 bits per heavy atom. The van der Waals surface area contributed by atoms with Crippen molar-refractivity contribution in [3.63, 3.8) is 0 Å². The van der Waals surface area contributed by atoms with Crippen molar-refractivity contribution < 1.29 is 13.9 Å². The zero-order valence-corrected chi connectivity index (χ0v) is 25.2. The van der Waals surface area contributed by atoms with Gasteiger partial charge in [0.15, 0.2) is 13.0 Å². The van der Waals surface area contributed by atoms with Crippen LogP contribution in [-0.2, 0) is 4.74 Å². The highest BCUT2D eigenvalue weighted by molar-refractivity contribution is 7.95. The first-order chi connectivity index (χ1) is 21.7. The molecule has 1 aliphatic heterocycles. The molecule has 1 aromatic heterocycles.